The quantitative estimate of drug-likeness (QED) is 0.840. The van der Waals surface area contributed by atoms with Crippen molar-refractivity contribution < 1.29 is 13.2 Å². The fourth-order valence-electron chi connectivity index (χ4n) is 1.50. The Bertz CT molecular complexity index is 403. The van der Waals surface area contributed by atoms with Gasteiger partial charge in [0, 0.05) is 6.54 Å². The van der Waals surface area contributed by atoms with Gasteiger partial charge in [0.1, 0.15) is 11.5 Å². The standard InChI is InChI=1S/C11H14F3N3S/c1-2-5-17(7-11(12,13)14)8-3-4-9(10(15)18)16-6-8/h3-4,6H,2,5,7H2,1H3,(H2,15,18). The second kappa shape index (κ2) is 5.99. The molecule has 0 saturated heterocycles. The summed E-state index contributed by atoms with van der Waals surface area (Å²) in [6.07, 6.45) is -2.26. The number of anilines is 1. The molecule has 100 valence electrons. The number of rotatable bonds is 5. The predicted octanol–water partition coefficient (Wildman–Crippen LogP) is 2.49. The van der Waals surface area contributed by atoms with Gasteiger partial charge in [-0.15, -0.1) is 0 Å². The van der Waals surface area contributed by atoms with E-state index in [2.05, 4.69) is 4.98 Å². The second-order valence-electron chi connectivity index (χ2n) is 3.80. The molecule has 0 saturated carbocycles. The highest BCUT2D eigenvalue weighted by Crippen LogP contribution is 2.21. The number of aromatic nitrogens is 1. The van der Waals surface area contributed by atoms with Gasteiger partial charge in [-0.05, 0) is 18.6 Å². The number of nitrogens with two attached hydrogens (primary N) is 1. The van der Waals surface area contributed by atoms with Gasteiger partial charge in [-0.3, -0.25) is 4.98 Å². The van der Waals surface area contributed by atoms with Crippen LogP contribution >= 0.6 is 12.2 Å². The van der Waals surface area contributed by atoms with E-state index in [1.54, 1.807) is 6.07 Å². The van der Waals surface area contributed by atoms with Gasteiger partial charge in [0.05, 0.1) is 17.6 Å². The fourth-order valence-corrected chi connectivity index (χ4v) is 1.63. The first-order chi connectivity index (χ1) is 8.33. The molecule has 0 fully saturated rings. The molecule has 2 N–H and O–H groups in total. The van der Waals surface area contributed by atoms with Gasteiger partial charge in [-0.2, -0.15) is 13.2 Å². The molecule has 0 amide bonds. The Morgan fingerprint density at radius 1 is 1.44 bits per heavy atom. The van der Waals surface area contributed by atoms with Crippen molar-refractivity contribution in [2.24, 2.45) is 5.73 Å². The van der Waals surface area contributed by atoms with E-state index in [1.807, 2.05) is 6.92 Å². The first-order valence-electron chi connectivity index (χ1n) is 5.41. The van der Waals surface area contributed by atoms with Crippen molar-refractivity contribution in [3.8, 4) is 0 Å². The third-order valence-corrected chi connectivity index (χ3v) is 2.44. The topological polar surface area (TPSA) is 42.1 Å². The second-order valence-corrected chi connectivity index (χ2v) is 4.24. The number of alkyl halides is 3. The molecule has 1 rings (SSSR count). The molecule has 1 heterocycles. The molecule has 0 spiro atoms. The summed E-state index contributed by atoms with van der Waals surface area (Å²) >= 11 is 4.73. The lowest BCUT2D eigenvalue weighted by molar-refractivity contribution is -0.119. The smallest absolute Gasteiger partial charge is 0.388 e. The molecule has 1 aromatic rings. The van der Waals surface area contributed by atoms with Crippen molar-refractivity contribution in [3.05, 3.63) is 24.0 Å². The van der Waals surface area contributed by atoms with E-state index >= 15 is 0 Å². The molecule has 3 nitrogen and oxygen atoms in total. The van der Waals surface area contributed by atoms with Crippen LogP contribution in [-0.4, -0.2) is 29.2 Å². The lowest BCUT2D eigenvalue weighted by atomic mass is 10.3. The Hall–Kier alpha value is -1.37. The van der Waals surface area contributed by atoms with Crippen molar-refractivity contribution in [2.75, 3.05) is 18.0 Å². The molecule has 7 heteroatoms. The molecule has 0 bridgehead atoms. The van der Waals surface area contributed by atoms with Gasteiger partial charge in [0.2, 0.25) is 0 Å². The van der Waals surface area contributed by atoms with Crippen LogP contribution in [0.4, 0.5) is 18.9 Å². The number of hydrogen-bond acceptors (Lipinski definition) is 3. The van der Waals surface area contributed by atoms with Crippen LogP contribution in [0, 0.1) is 0 Å². The maximum Gasteiger partial charge on any atom is 0.405 e. The summed E-state index contributed by atoms with van der Waals surface area (Å²) in [7, 11) is 0. The molecular weight excluding hydrogens is 263 g/mol. The minimum Gasteiger partial charge on any atom is -0.388 e. The van der Waals surface area contributed by atoms with Crippen molar-refractivity contribution >= 4 is 22.9 Å². The van der Waals surface area contributed by atoms with E-state index < -0.39 is 12.7 Å². The number of hydrogen-bond donors (Lipinski definition) is 1. The first-order valence-corrected chi connectivity index (χ1v) is 5.82. The summed E-state index contributed by atoms with van der Waals surface area (Å²) in [6, 6.07) is 3.07. The molecule has 18 heavy (non-hydrogen) atoms. The lowest BCUT2D eigenvalue weighted by Gasteiger charge is -2.25. The van der Waals surface area contributed by atoms with Crippen LogP contribution in [0.5, 0.6) is 0 Å². The average molecular weight is 277 g/mol. The van der Waals surface area contributed by atoms with Crippen LogP contribution in [0.25, 0.3) is 0 Å². The monoisotopic (exact) mass is 277 g/mol. The van der Waals surface area contributed by atoms with Gasteiger partial charge in [0.25, 0.3) is 0 Å². The van der Waals surface area contributed by atoms with E-state index in [0.717, 1.165) is 0 Å². The van der Waals surface area contributed by atoms with Crippen LogP contribution < -0.4 is 10.6 Å². The highest BCUT2D eigenvalue weighted by atomic mass is 32.1. The summed E-state index contributed by atoms with van der Waals surface area (Å²) < 4.78 is 37.3. The summed E-state index contributed by atoms with van der Waals surface area (Å²) in [5.41, 5.74) is 6.19. The Morgan fingerprint density at radius 2 is 2.11 bits per heavy atom. The molecule has 0 atom stereocenters. The Kier molecular flexibility index (Phi) is 4.89. The zero-order valence-electron chi connectivity index (χ0n) is 9.87. The van der Waals surface area contributed by atoms with Crippen LogP contribution in [-0.2, 0) is 0 Å². The van der Waals surface area contributed by atoms with Crippen molar-refractivity contribution in [3.63, 3.8) is 0 Å². The molecule has 0 aromatic carbocycles. The average Bonchev–Trinajstić information content (AvgIpc) is 2.27. The van der Waals surface area contributed by atoms with Crippen LogP contribution in [0.2, 0.25) is 0 Å². The zero-order chi connectivity index (χ0) is 13.8. The molecular formula is C11H14F3N3S. The fraction of sp³-hybridized carbons (Fsp3) is 0.455. The third-order valence-electron chi connectivity index (χ3n) is 2.23. The van der Waals surface area contributed by atoms with Gasteiger partial charge in [-0.1, -0.05) is 19.1 Å². The third kappa shape index (κ3) is 4.48. The lowest BCUT2D eigenvalue weighted by Crippen LogP contribution is -2.35. The predicted molar refractivity (Wildman–Crippen MR) is 68.7 cm³/mol. The Morgan fingerprint density at radius 3 is 2.50 bits per heavy atom. The van der Waals surface area contributed by atoms with Gasteiger partial charge >= 0.3 is 6.18 Å². The van der Waals surface area contributed by atoms with E-state index in [-0.39, 0.29) is 4.99 Å². The minimum atomic E-state index is -4.24. The van der Waals surface area contributed by atoms with Gasteiger partial charge in [0.15, 0.2) is 0 Å². The number of pyridine rings is 1. The summed E-state index contributed by atoms with van der Waals surface area (Å²) in [4.78, 5) is 5.29. The van der Waals surface area contributed by atoms with Gasteiger partial charge in [-0.25, -0.2) is 0 Å². The molecule has 1 aromatic heterocycles. The summed E-state index contributed by atoms with van der Waals surface area (Å²) in [5.74, 6) is 0. The van der Waals surface area contributed by atoms with E-state index in [4.69, 9.17) is 18.0 Å². The number of halogens is 3. The van der Waals surface area contributed by atoms with Crippen LogP contribution in [0.15, 0.2) is 18.3 Å². The molecule has 0 aliphatic rings. The van der Waals surface area contributed by atoms with Crippen LogP contribution in [0.1, 0.15) is 19.0 Å². The first kappa shape index (κ1) is 14.7. The maximum absolute atomic E-state index is 12.4. The largest absolute Gasteiger partial charge is 0.405 e. The van der Waals surface area contributed by atoms with Crippen molar-refractivity contribution in [1.82, 2.24) is 4.98 Å². The van der Waals surface area contributed by atoms with Crippen molar-refractivity contribution in [1.29, 1.82) is 0 Å². The minimum absolute atomic E-state index is 0.124. The SMILES string of the molecule is CCCN(CC(F)(F)F)c1ccc(C(N)=S)nc1. The van der Waals surface area contributed by atoms with Crippen LogP contribution in [0.3, 0.4) is 0 Å². The normalized spacial score (nSPS) is 11.3. The van der Waals surface area contributed by atoms with Gasteiger partial charge < -0.3 is 10.6 Å². The highest BCUT2D eigenvalue weighted by molar-refractivity contribution is 7.80. The number of thiocarbonyl (C=S) groups is 1. The highest BCUT2D eigenvalue weighted by Gasteiger charge is 2.30. The maximum atomic E-state index is 12.4. The summed E-state index contributed by atoms with van der Waals surface area (Å²) in [5, 5.41) is 0. The van der Waals surface area contributed by atoms with E-state index in [1.165, 1.54) is 17.2 Å². The molecule has 0 unspecified atom stereocenters. The van der Waals surface area contributed by atoms with Crippen molar-refractivity contribution in [2.45, 2.75) is 19.5 Å². The van der Waals surface area contributed by atoms with E-state index in [0.29, 0.717) is 24.3 Å². The molecule has 0 aliphatic heterocycles. The molecule has 0 aliphatic carbocycles. The molecule has 0 radical (unpaired) electrons. The Labute approximate surface area is 109 Å². The number of nitrogens with zero attached hydrogens (tertiary/aromatic N) is 2. The van der Waals surface area contributed by atoms with E-state index in [9.17, 15) is 13.2 Å². The Balaban J connectivity index is 2.88. The summed E-state index contributed by atoms with van der Waals surface area (Å²) in [6.45, 7) is 1.14. The zero-order valence-corrected chi connectivity index (χ0v) is 10.7.